The summed E-state index contributed by atoms with van der Waals surface area (Å²) in [5, 5.41) is 2.95. The lowest BCUT2D eigenvalue weighted by atomic mass is 9.96. The molecule has 160 valence electrons. The van der Waals surface area contributed by atoms with Gasteiger partial charge in [-0.2, -0.15) is 13.2 Å². The third kappa shape index (κ3) is 5.77. The molecule has 0 aliphatic carbocycles. The second kappa shape index (κ2) is 8.92. The summed E-state index contributed by atoms with van der Waals surface area (Å²) >= 11 is 0. The van der Waals surface area contributed by atoms with Crippen molar-refractivity contribution in [2.75, 3.05) is 43.0 Å². The van der Waals surface area contributed by atoms with Gasteiger partial charge in [-0.15, -0.1) is 0 Å². The molecular formula is C20H26F3N3O3. The first-order valence-corrected chi connectivity index (χ1v) is 9.88. The van der Waals surface area contributed by atoms with Crippen LogP contribution in [0.4, 0.5) is 29.3 Å². The molecule has 0 aromatic heterocycles. The standard InChI is InChI=1S/C20H26F3N3O3/c1-14-12-16(25-8-2-3-9-25)4-5-17(14)24-18(27)15-6-10-26(11-7-15)19(28)29-13-20(21,22)23/h4-5,12,15H,2-3,6-11,13H2,1H3,(H,24,27). The maximum Gasteiger partial charge on any atom is 0.422 e. The fraction of sp³-hybridized carbons (Fsp3) is 0.600. The molecule has 0 unspecified atom stereocenters. The Morgan fingerprint density at radius 1 is 1.14 bits per heavy atom. The summed E-state index contributed by atoms with van der Waals surface area (Å²) < 4.78 is 40.7. The first-order valence-electron chi connectivity index (χ1n) is 9.88. The van der Waals surface area contributed by atoms with Crippen LogP contribution in [0.5, 0.6) is 0 Å². The minimum atomic E-state index is -4.55. The smallest absolute Gasteiger partial charge is 0.422 e. The molecule has 1 N–H and O–H groups in total. The van der Waals surface area contributed by atoms with E-state index in [9.17, 15) is 22.8 Å². The highest BCUT2D eigenvalue weighted by atomic mass is 19.4. The molecule has 0 spiro atoms. The zero-order valence-electron chi connectivity index (χ0n) is 16.4. The molecule has 2 heterocycles. The summed E-state index contributed by atoms with van der Waals surface area (Å²) in [4.78, 5) is 27.8. The molecule has 0 saturated carbocycles. The van der Waals surface area contributed by atoms with Crippen molar-refractivity contribution in [1.29, 1.82) is 0 Å². The van der Waals surface area contributed by atoms with Gasteiger partial charge in [-0.25, -0.2) is 4.79 Å². The van der Waals surface area contributed by atoms with Gasteiger partial charge in [-0.05, 0) is 56.4 Å². The van der Waals surface area contributed by atoms with E-state index in [0.29, 0.717) is 12.8 Å². The van der Waals surface area contributed by atoms with Crippen molar-refractivity contribution in [1.82, 2.24) is 4.90 Å². The van der Waals surface area contributed by atoms with Crippen molar-refractivity contribution in [2.45, 2.75) is 38.8 Å². The molecule has 0 radical (unpaired) electrons. The zero-order valence-corrected chi connectivity index (χ0v) is 16.4. The Morgan fingerprint density at radius 3 is 2.38 bits per heavy atom. The van der Waals surface area contributed by atoms with Gasteiger partial charge < -0.3 is 19.9 Å². The number of aryl methyl sites for hydroxylation is 1. The van der Waals surface area contributed by atoms with E-state index >= 15 is 0 Å². The van der Waals surface area contributed by atoms with Crippen LogP contribution < -0.4 is 10.2 Å². The van der Waals surface area contributed by atoms with Crippen LogP contribution in [0.1, 0.15) is 31.2 Å². The lowest BCUT2D eigenvalue weighted by Crippen LogP contribution is -2.42. The van der Waals surface area contributed by atoms with Gasteiger partial charge in [-0.3, -0.25) is 4.79 Å². The monoisotopic (exact) mass is 413 g/mol. The topological polar surface area (TPSA) is 61.9 Å². The highest BCUT2D eigenvalue weighted by Gasteiger charge is 2.33. The lowest BCUT2D eigenvalue weighted by molar-refractivity contribution is -0.162. The minimum absolute atomic E-state index is 0.134. The van der Waals surface area contributed by atoms with Crippen LogP contribution in [0.15, 0.2) is 18.2 Å². The van der Waals surface area contributed by atoms with Crippen LogP contribution in [-0.2, 0) is 9.53 Å². The molecule has 1 aromatic carbocycles. The zero-order chi connectivity index (χ0) is 21.0. The van der Waals surface area contributed by atoms with E-state index in [4.69, 9.17) is 0 Å². The third-order valence-electron chi connectivity index (χ3n) is 5.42. The average molecular weight is 413 g/mol. The number of nitrogens with zero attached hydrogens (tertiary/aromatic N) is 2. The van der Waals surface area contributed by atoms with Gasteiger partial charge in [0.2, 0.25) is 5.91 Å². The third-order valence-corrected chi connectivity index (χ3v) is 5.42. The number of anilines is 2. The second-order valence-electron chi connectivity index (χ2n) is 7.61. The molecule has 2 fully saturated rings. The Hall–Kier alpha value is -2.45. The average Bonchev–Trinajstić information content (AvgIpc) is 3.22. The van der Waals surface area contributed by atoms with E-state index < -0.39 is 18.9 Å². The number of benzene rings is 1. The van der Waals surface area contributed by atoms with Gasteiger partial charge in [0, 0.05) is 43.5 Å². The number of ether oxygens (including phenoxy) is 1. The molecule has 2 saturated heterocycles. The SMILES string of the molecule is Cc1cc(N2CCCC2)ccc1NC(=O)C1CCN(C(=O)OCC(F)(F)F)CC1. The summed E-state index contributed by atoms with van der Waals surface area (Å²) in [5.41, 5.74) is 2.89. The second-order valence-corrected chi connectivity index (χ2v) is 7.61. The van der Waals surface area contributed by atoms with Gasteiger partial charge in [-0.1, -0.05) is 0 Å². The Labute approximate surface area is 168 Å². The highest BCUT2D eigenvalue weighted by Crippen LogP contribution is 2.27. The number of likely N-dealkylation sites (tertiary alicyclic amines) is 1. The van der Waals surface area contributed by atoms with Crippen LogP contribution in [0.25, 0.3) is 0 Å². The number of carbonyl (C=O) groups is 2. The first kappa shape index (κ1) is 21.3. The molecule has 0 bridgehead atoms. The van der Waals surface area contributed by atoms with E-state index in [0.717, 1.165) is 30.0 Å². The lowest BCUT2D eigenvalue weighted by Gasteiger charge is -2.30. The van der Waals surface area contributed by atoms with Crippen molar-refractivity contribution in [3.8, 4) is 0 Å². The maximum absolute atomic E-state index is 12.6. The largest absolute Gasteiger partial charge is 0.440 e. The van der Waals surface area contributed by atoms with Crippen molar-refractivity contribution >= 4 is 23.4 Å². The molecule has 2 aliphatic heterocycles. The number of carbonyl (C=O) groups excluding carboxylic acids is 2. The molecule has 2 amide bonds. The fourth-order valence-corrected chi connectivity index (χ4v) is 3.75. The molecule has 3 rings (SSSR count). The predicted molar refractivity (Wildman–Crippen MR) is 103 cm³/mol. The van der Waals surface area contributed by atoms with Gasteiger partial charge in [0.05, 0.1) is 0 Å². The van der Waals surface area contributed by atoms with E-state index in [1.54, 1.807) is 0 Å². The van der Waals surface area contributed by atoms with Crippen LogP contribution in [0.2, 0.25) is 0 Å². The first-order chi connectivity index (χ1) is 13.7. The van der Waals surface area contributed by atoms with Gasteiger partial charge >= 0.3 is 12.3 Å². The number of rotatable bonds is 4. The maximum atomic E-state index is 12.6. The van der Waals surface area contributed by atoms with Crippen molar-refractivity contribution in [2.24, 2.45) is 5.92 Å². The number of nitrogens with one attached hydrogen (secondary N) is 1. The molecule has 0 atom stereocenters. The molecule has 9 heteroatoms. The van der Waals surface area contributed by atoms with Crippen LogP contribution in [-0.4, -0.2) is 55.9 Å². The normalized spacial score (nSPS) is 18.1. The minimum Gasteiger partial charge on any atom is -0.440 e. The van der Waals surface area contributed by atoms with Crippen LogP contribution in [0.3, 0.4) is 0 Å². The van der Waals surface area contributed by atoms with Crippen molar-refractivity contribution < 1.29 is 27.5 Å². The van der Waals surface area contributed by atoms with Crippen LogP contribution in [0, 0.1) is 12.8 Å². The summed E-state index contributed by atoms with van der Waals surface area (Å²) in [5.74, 6) is -0.426. The summed E-state index contributed by atoms with van der Waals surface area (Å²) in [6.45, 7) is 2.85. The molecule has 6 nitrogen and oxygen atoms in total. The van der Waals surface area contributed by atoms with Gasteiger partial charge in [0.25, 0.3) is 0 Å². The van der Waals surface area contributed by atoms with Crippen molar-refractivity contribution in [3.63, 3.8) is 0 Å². The molecular weight excluding hydrogens is 387 g/mol. The molecule has 2 aliphatic rings. The van der Waals surface area contributed by atoms with Crippen molar-refractivity contribution in [3.05, 3.63) is 23.8 Å². The summed E-state index contributed by atoms with van der Waals surface area (Å²) in [6.07, 6.45) is -2.37. The number of halogens is 3. The molecule has 1 aromatic rings. The Kier molecular flexibility index (Phi) is 6.54. The fourth-order valence-electron chi connectivity index (χ4n) is 3.75. The van der Waals surface area contributed by atoms with Gasteiger partial charge in [0.1, 0.15) is 0 Å². The number of hydrogen-bond donors (Lipinski definition) is 1. The summed E-state index contributed by atoms with van der Waals surface area (Å²) in [7, 11) is 0. The quantitative estimate of drug-likeness (QED) is 0.812. The Morgan fingerprint density at radius 2 is 1.79 bits per heavy atom. The van der Waals surface area contributed by atoms with Gasteiger partial charge in [0.15, 0.2) is 6.61 Å². The highest BCUT2D eigenvalue weighted by molar-refractivity contribution is 5.93. The Bertz CT molecular complexity index is 740. The van der Waals surface area contributed by atoms with E-state index in [1.165, 1.54) is 17.7 Å². The Balaban J connectivity index is 1.49. The number of alkyl halides is 3. The van der Waals surface area contributed by atoms with Crippen LogP contribution >= 0.6 is 0 Å². The molecule has 29 heavy (non-hydrogen) atoms. The number of hydrogen-bond acceptors (Lipinski definition) is 4. The van der Waals surface area contributed by atoms with E-state index in [-0.39, 0.29) is 24.9 Å². The van der Waals surface area contributed by atoms with E-state index in [1.807, 2.05) is 19.1 Å². The number of piperidine rings is 1. The predicted octanol–water partition coefficient (Wildman–Crippen LogP) is 3.94. The van der Waals surface area contributed by atoms with E-state index in [2.05, 4.69) is 21.0 Å². The summed E-state index contributed by atoms with van der Waals surface area (Å²) in [6, 6.07) is 5.98. The number of amides is 2.